The second-order valence-electron chi connectivity index (χ2n) is 4.76. The van der Waals surface area contributed by atoms with Gasteiger partial charge in [0.1, 0.15) is 0 Å². The Morgan fingerprint density at radius 1 is 1.44 bits per heavy atom. The van der Waals surface area contributed by atoms with Crippen molar-refractivity contribution in [1.82, 2.24) is 10.2 Å². The van der Waals surface area contributed by atoms with Gasteiger partial charge in [0.15, 0.2) is 0 Å². The highest BCUT2D eigenvalue weighted by Gasteiger charge is 2.09. The summed E-state index contributed by atoms with van der Waals surface area (Å²) in [6.45, 7) is 7.85. The van der Waals surface area contributed by atoms with Crippen molar-refractivity contribution >= 4 is 5.91 Å². The van der Waals surface area contributed by atoms with E-state index in [0.29, 0.717) is 19.0 Å². The van der Waals surface area contributed by atoms with Crippen LogP contribution in [0.4, 0.5) is 0 Å². The topological polar surface area (TPSA) is 56.1 Å². The summed E-state index contributed by atoms with van der Waals surface area (Å²) in [5, 5.41) is 11.5. The van der Waals surface area contributed by atoms with Crippen molar-refractivity contribution in [1.29, 1.82) is 5.26 Å². The van der Waals surface area contributed by atoms with E-state index in [-0.39, 0.29) is 11.8 Å². The lowest BCUT2D eigenvalue weighted by Crippen LogP contribution is -2.37. The zero-order valence-corrected chi connectivity index (χ0v) is 10.8. The maximum Gasteiger partial charge on any atom is 0.234 e. The molecule has 1 amide bonds. The largest absolute Gasteiger partial charge is 0.355 e. The number of nitrogens with zero attached hydrogens (tertiary/aromatic N) is 2. The maximum atomic E-state index is 11.5. The van der Waals surface area contributed by atoms with E-state index in [0.717, 1.165) is 13.0 Å². The van der Waals surface area contributed by atoms with Crippen LogP contribution in [-0.2, 0) is 4.79 Å². The SMILES string of the molecule is CC(C)CCNC(=O)CN(C)CC(C)C#N. The van der Waals surface area contributed by atoms with Crippen LogP contribution in [-0.4, -0.2) is 37.5 Å². The molecule has 0 fully saturated rings. The van der Waals surface area contributed by atoms with E-state index in [9.17, 15) is 4.79 Å². The lowest BCUT2D eigenvalue weighted by atomic mass is 10.1. The molecule has 4 heteroatoms. The fourth-order valence-corrected chi connectivity index (χ4v) is 1.37. The molecular weight excluding hydrogens is 202 g/mol. The van der Waals surface area contributed by atoms with Gasteiger partial charge in [-0.25, -0.2) is 0 Å². The highest BCUT2D eigenvalue weighted by Crippen LogP contribution is 1.97. The van der Waals surface area contributed by atoms with Crippen LogP contribution in [0.1, 0.15) is 27.2 Å². The number of hydrogen-bond acceptors (Lipinski definition) is 3. The second-order valence-corrected chi connectivity index (χ2v) is 4.76. The number of carbonyl (C=O) groups is 1. The van der Waals surface area contributed by atoms with Crippen LogP contribution in [0.15, 0.2) is 0 Å². The van der Waals surface area contributed by atoms with E-state index in [4.69, 9.17) is 5.26 Å². The number of likely N-dealkylation sites (N-methyl/N-ethyl adjacent to an activating group) is 1. The molecule has 0 rings (SSSR count). The first kappa shape index (κ1) is 14.9. The predicted octanol–water partition coefficient (Wildman–Crippen LogP) is 1.24. The van der Waals surface area contributed by atoms with Crippen molar-refractivity contribution in [2.24, 2.45) is 11.8 Å². The summed E-state index contributed by atoms with van der Waals surface area (Å²) in [5.41, 5.74) is 0. The van der Waals surface area contributed by atoms with Gasteiger partial charge in [-0.2, -0.15) is 5.26 Å². The average Bonchev–Trinajstić information content (AvgIpc) is 2.16. The average molecular weight is 225 g/mol. The third kappa shape index (κ3) is 8.25. The first-order valence-electron chi connectivity index (χ1n) is 5.80. The Morgan fingerprint density at radius 3 is 2.56 bits per heavy atom. The smallest absolute Gasteiger partial charge is 0.234 e. The van der Waals surface area contributed by atoms with Gasteiger partial charge in [-0.1, -0.05) is 13.8 Å². The van der Waals surface area contributed by atoms with Crippen LogP contribution in [0.3, 0.4) is 0 Å². The van der Waals surface area contributed by atoms with Crippen molar-refractivity contribution in [2.75, 3.05) is 26.7 Å². The minimum absolute atomic E-state index is 0.0338. The van der Waals surface area contributed by atoms with Crippen LogP contribution < -0.4 is 5.32 Å². The molecule has 0 radical (unpaired) electrons. The second kappa shape index (κ2) is 8.12. The molecule has 4 nitrogen and oxygen atoms in total. The molecule has 0 heterocycles. The van der Waals surface area contributed by atoms with Gasteiger partial charge in [-0.05, 0) is 26.3 Å². The monoisotopic (exact) mass is 225 g/mol. The molecule has 0 aromatic carbocycles. The molecule has 0 bridgehead atoms. The van der Waals surface area contributed by atoms with E-state index >= 15 is 0 Å². The van der Waals surface area contributed by atoms with Crippen molar-refractivity contribution in [3.05, 3.63) is 0 Å². The minimum atomic E-state index is -0.0338. The zero-order valence-electron chi connectivity index (χ0n) is 10.8. The van der Waals surface area contributed by atoms with Crippen molar-refractivity contribution in [3.63, 3.8) is 0 Å². The first-order chi connectivity index (χ1) is 7.45. The molecule has 16 heavy (non-hydrogen) atoms. The van der Waals surface area contributed by atoms with Gasteiger partial charge in [0.25, 0.3) is 0 Å². The summed E-state index contributed by atoms with van der Waals surface area (Å²) >= 11 is 0. The molecule has 0 saturated heterocycles. The number of nitrogens with one attached hydrogen (secondary N) is 1. The van der Waals surface area contributed by atoms with E-state index in [1.807, 2.05) is 18.9 Å². The fraction of sp³-hybridized carbons (Fsp3) is 0.833. The molecule has 92 valence electrons. The summed E-state index contributed by atoms with van der Waals surface area (Å²) in [5.74, 6) is 0.610. The van der Waals surface area contributed by atoms with Gasteiger partial charge in [-0.3, -0.25) is 9.69 Å². The number of nitriles is 1. The molecule has 0 aliphatic heterocycles. The minimum Gasteiger partial charge on any atom is -0.355 e. The Balaban J connectivity index is 3.67. The van der Waals surface area contributed by atoms with E-state index in [1.54, 1.807) is 0 Å². The molecule has 0 aromatic rings. The molecule has 0 saturated carbocycles. The number of hydrogen-bond donors (Lipinski definition) is 1. The highest BCUT2D eigenvalue weighted by molar-refractivity contribution is 5.77. The molecule has 0 aromatic heterocycles. The maximum absolute atomic E-state index is 11.5. The Hall–Kier alpha value is -1.08. The van der Waals surface area contributed by atoms with Gasteiger partial charge < -0.3 is 5.32 Å². The van der Waals surface area contributed by atoms with E-state index in [1.165, 1.54) is 0 Å². The van der Waals surface area contributed by atoms with E-state index < -0.39 is 0 Å². The van der Waals surface area contributed by atoms with Crippen molar-refractivity contribution in [2.45, 2.75) is 27.2 Å². The third-order valence-electron chi connectivity index (χ3n) is 2.26. The molecule has 1 atom stereocenters. The van der Waals surface area contributed by atoms with Crippen LogP contribution in [0.5, 0.6) is 0 Å². The molecule has 1 unspecified atom stereocenters. The summed E-state index contributed by atoms with van der Waals surface area (Å²) in [4.78, 5) is 13.3. The molecule has 0 aliphatic carbocycles. The Kier molecular flexibility index (Phi) is 7.57. The Bertz CT molecular complexity index is 245. The third-order valence-corrected chi connectivity index (χ3v) is 2.26. The molecular formula is C12H23N3O. The van der Waals surface area contributed by atoms with Gasteiger partial charge in [0.2, 0.25) is 5.91 Å². The van der Waals surface area contributed by atoms with Gasteiger partial charge in [0, 0.05) is 13.1 Å². The standard InChI is InChI=1S/C12H23N3O/c1-10(2)5-6-14-12(16)9-15(4)8-11(3)7-13/h10-11H,5-6,8-9H2,1-4H3,(H,14,16). The lowest BCUT2D eigenvalue weighted by Gasteiger charge is -2.17. The van der Waals surface area contributed by atoms with Crippen LogP contribution in [0.2, 0.25) is 0 Å². The van der Waals surface area contributed by atoms with Crippen molar-refractivity contribution in [3.8, 4) is 6.07 Å². The molecule has 0 spiro atoms. The molecule has 0 aliphatic rings. The molecule has 1 N–H and O–H groups in total. The normalized spacial score (nSPS) is 12.6. The van der Waals surface area contributed by atoms with Crippen LogP contribution >= 0.6 is 0 Å². The number of carbonyl (C=O) groups excluding carboxylic acids is 1. The summed E-state index contributed by atoms with van der Waals surface area (Å²) in [6, 6.07) is 2.15. The van der Waals surface area contributed by atoms with E-state index in [2.05, 4.69) is 25.2 Å². The Morgan fingerprint density at radius 2 is 2.06 bits per heavy atom. The number of rotatable bonds is 7. The van der Waals surface area contributed by atoms with Gasteiger partial charge >= 0.3 is 0 Å². The van der Waals surface area contributed by atoms with Crippen molar-refractivity contribution < 1.29 is 4.79 Å². The number of amides is 1. The van der Waals surface area contributed by atoms with Gasteiger partial charge in [0.05, 0.1) is 18.5 Å². The highest BCUT2D eigenvalue weighted by atomic mass is 16.2. The first-order valence-corrected chi connectivity index (χ1v) is 5.80. The summed E-state index contributed by atoms with van der Waals surface area (Å²) in [6.07, 6.45) is 1.00. The summed E-state index contributed by atoms with van der Waals surface area (Å²) < 4.78 is 0. The zero-order chi connectivity index (χ0) is 12.6. The Labute approximate surface area is 98.6 Å². The predicted molar refractivity (Wildman–Crippen MR) is 64.7 cm³/mol. The van der Waals surface area contributed by atoms with Gasteiger partial charge in [-0.15, -0.1) is 0 Å². The quantitative estimate of drug-likeness (QED) is 0.709. The van der Waals surface area contributed by atoms with Crippen LogP contribution in [0.25, 0.3) is 0 Å². The van der Waals surface area contributed by atoms with Crippen LogP contribution in [0, 0.1) is 23.2 Å². The summed E-state index contributed by atoms with van der Waals surface area (Å²) in [7, 11) is 1.86. The fourth-order valence-electron chi connectivity index (χ4n) is 1.37. The lowest BCUT2D eigenvalue weighted by molar-refractivity contribution is -0.122.